The van der Waals surface area contributed by atoms with Crippen molar-refractivity contribution in [2.75, 3.05) is 34.9 Å². The summed E-state index contributed by atoms with van der Waals surface area (Å²) in [7, 11) is 6.30. The Kier molecular flexibility index (Phi) is 20.1. The number of likely N-dealkylation sites (N-methyl/N-ethyl adjacent to an activating group) is 2. The van der Waals surface area contributed by atoms with E-state index in [1.54, 1.807) is 32.8 Å². The second-order valence-corrected chi connectivity index (χ2v) is 17.0. The van der Waals surface area contributed by atoms with E-state index in [4.69, 9.17) is 9.47 Å². The highest BCUT2D eigenvalue weighted by Crippen LogP contribution is 2.30. The fraction of sp³-hybridized carbons (Fsp3) is 0.738. The van der Waals surface area contributed by atoms with Gasteiger partial charge in [0.2, 0.25) is 29.5 Å². The van der Waals surface area contributed by atoms with E-state index in [0.717, 1.165) is 5.56 Å². The molecule has 4 N–H and O–H groups in total. The molecule has 16 heteroatoms. The van der Waals surface area contributed by atoms with Gasteiger partial charge in [-0.1, -0.05) is 83.4 Å². The van der Waals surface area contributed by atoms with Gasteiger partial charge in [-0.2, -0.15) is 0 Å². The first-order valence-corrected chi connectivity index (χ1v) is 20.6. The van der Waals surface area contributed by atoms with E-state index >= 15 is 0 Å². The van der Waals surface area contributed by atoms with Gasteiger partial charge in [-0.15, -0.1) is 0 Å². The maximum atomic E-state index is 14.3. The van der Waals surface area contributed by atoms with Gasteiger partial charge in [0.1, 0.15) is 12.1 Å². The first-order chi connectivity index (χ1) is 27.3. The molecular formula is C42H71N9O7. The van der Waals surface area contributed by atoms with Crippen LogP contribution in [0.3, 0.4) is 0 Å². The summed E-state index contributed by atoms with van der Waals surface area (Å²) in [4.78, 5) is 75.4. The molecule has 10 atom stereocenters. The summed E-state index contributed by atoms with van der Waals surface area (Å²) in [6.07, 6.45) is 0.760. The van der Waals surface area contributed by atoms with E-state index in [1.165, 1.54) is 19.1 Å². The van der Waals surface area contributed by atoms with Gasteiger partial charge in [0, 0.05) is 44.7 Å². The Labute approximate surface area is 345 Å². The van der Waals surface area contributed by atoms with Gasteiger partial charge in [0.15, 0.2) is 0 Å². The minimum absolute atomic E-state index is 0.0686. The van der Waals surface area contributed by atoms with Crippen LogP contribution in [0, 0.1) is 17.8 Å². The summed E-state index contributed by atoms with van der Waals surface area (Å²) in [5, 5.41) is 15.5. The number of azide groups is 1. The lowest BCUT2D eigenvalue weighted by molar-refractivity contribution is -0.147. The fourth-order valence-corrected chi connectivity index (χ4v) is 7.89. The number of carbonyl (C=O) groups is 5. The lowest BCUT2D eigenvalue weighted by Gasteiger charge is -2.41. The van der Waals surface area contributed by atoms with Gasteiger partial charge in [-0.25, -0.2) is 0 Å². The third-order valence-electron chi connectivity index (χ3n) is 11.2. The second kappa shape index (κ2) is 23.4. The number of ether oxygens (including phenoxy) is 2. The topological polar surface area (TPSA) is 207 Å². The zero-order valence-corrected chi connectivity index (χ0v) is 37.1. The van der Waals surface area contributed by atoms with Gasteiger partial charge in [-0.05, 0) is 63.6 Å². The summed E-state index contributed by atoms with van der Waals surface area (Å²) in [5.74, 6) is -2.70. The lowest BCUT2D eigenvalue weighted by Crippen LogP contribution is -2.60. The summed E-state index contributed by atoms with van der Waals surface area (Å²) >= 11 is 0. The Morgan fingerprint density at radius 1 is 0.966 bits per heavy atom. The standard InChI is InChI=1S/C42H71N9O7/c1-14-26(4)36(50(11)41(56)35(28(6)48-49-43)46-40(55)34(44-10)25(2)3)32(57-12)24-33(52)51-22-18-21-31(51)37(58-13)27(5)38(53)45-30(39(54)47-42(7,8)9)23-29-19-16-15-17-20-29/h15-17,19-20,25-28,30-32,34-37,44H,14,18,21-24H2,1-13H3,(H,45,53)(H,46,55)(H,47,54)/t26-,27+,28?,30-,31-,32+,34-,35-,36-,37+/m0/s1. The molecule has 0 spiro atoms. The number of hydrogen-bond donors (Lipinski definition) is 4. The average Bonchev–Trinajstić information content (AvgIpc) is 3.65. The predicted octanol–water partition coefficient (Wildman–Crippen LogP) is 3.98. The molecular weight excluding hydrogens is 743 g/mol. The van der Waals surface area contributed by atoms with Crippen LogP contribution in [-0.2, 0) is 39.9 Å². The third-order valence-corrected chi connectivity index (χ3v) is 11.2. The molecule has 1 aliphatic rings. The van der Waals surface area contributed by atoms with E-state index < -0.39 is 71.7 Å². The number of rotatable bonds is 22. The number of methoxy groups -OCH3 is 2. The van der Waals surface area contributed by atoms with Crippen molar-refractivity contribution in [3.63, 3.8) is 0 Å². The van der Waals surface area contributed by atoms with Crippen molar-refractivity contribution in [3.8, 4) is 0 Å². The summed E-state index contributed by atoms with van der Waals surface area (Å²) in [5.41, 5.74) is 9.63. The van der Waals surface area contributed by atoms with Crippen molar-refractivity contribution in [2.45, 2.75) is 148 Å². The number of amides is 5. The van der Waals surface area contributed by atoms with Crippen molar-refractivity contribution in [1.29, 1.82) is 0 Å². The molecule has 1 aromatic rings. The molecule has 16 nitrogen and oxygen atoms in total. The molecule has 0 saturated carbocycles. The Morgan fingerprint density at radius 2 is 1.60 bits per heavy atom. The van der Waals surface area contributed by atoms with Crippen LogP contribution < -0.4 is 21.3 Å². The molecule has 0 radical (unpaired) electrons. The van der Waals surface area contributed by atoms with Crippen LogP contribution in [0.25, 0.3) is 10.4 Å². The molecule has 5 amide bonds. The average molecular weight is 814 g/mol. The SMILES string of the molecule is CC[C@H](C)[C@@H]([C@@H](CC(=O)N1CCC[C@H]1[C@H](OC)[C@@H](C)C(=O)N[C@@H](Cc1ccccc1)C(=O)NC(C)(C)C)OC)N(C)C(=O)[C@@H](NC(=O)[C@@H](NC)C(C)C)C(C)N=[N+]=[N-]. The molecule has 58 heavy (non-hydrogen) atoms. The highest BCUT2D eigenvalue weighted by Gasteiger charge is 2.43. The summed E-state index contributed by atoms with van der Waals surface area (Å²) in [6, 6.07) is 4.95. The molecule has 1 unspecified atom stereocenters. The highest BCUT2D eigenvalue weighted by molar-refractivity contribution is 5.91. The Bertz CT molecular complexity index is 1550. The molecule has 2 rings (SSSR count). The summed E-state index contributed by atoms with van der Waals surface area (Å²) < 4.78 is 12.0. The number of nitrogens with one attached hydrogen (secondary N) is 4. The first-order valence-electron chi connectivity index (χ1n) is 20.6. The molecule has 1 aliphatic heterocycles. The summed E-state index contributed by atoms with van der Waals surface area (Å²) in [6.45, 7) is 17.1. The van der Waals surface area contributed by atoms with Crippen molar-refractivity contribution >= 4 is 29.5 Å². The zero-order valence-electron chi connectivity index (χ0n) is 37.1. The van der Waals surface area contributed by atoms with Gasteiger partial charge in [0.25, 0.3) is 0 Å². The van der Waals surface area contributed by atoms with Crippen molar-refractivity contribution in [1.82, 2.24) is 31.1 Å². The molecule has 326 valence electrons. The molecule has 0 bridgehead atoms. The number of nitrogens with zero attached hydrogens (tertiary/aromatic N) is 5. The van der Waals surface area contributed by atoms with Crippen LogP contribution in [0.15, 0.2) is 35.4 Å². The van der Waals surface area contributed by atoms with Gasteiger partial charge in [0.05, 0.1) is 48.7 Å². The van der Waals surface area contributed by atoms with E-state index in [2.05, 4.69) is 31.3 Å². The largest absolute Gasteiger partial charge is 0.379 e. The van der Waals surface area contributed by atoms with Gasteiger partial charge in [-0.3, -0.25) is 24.0 Å². The number of likely N-dealkylation sites (tertiary alicyclic amines) is 1. The fourth-order valence-electron chi connectivity index (χ4n) is 7.89. The quantitative estimate of drug-likeness (QED) is 0.0764. The van der Waals surface area contributed by atoms with Gasteiger partial charge < -0.3 is 40.5 Å². The Hall–Kier alpha value is -4.24. The number of carbonyl (C=O) groups excluding carboxylic acids is 5. The van der Waals surface area contributed by atoms with E-state index in [0.29, 0.717) is 32.2 Å². The normalized spacial score (nSPS) is 19.0. The minimum Gasteiger partial charge on any atom is -0.379 e. The number of hydrogen-bond acceptors (Lipinski definition) is 9. The Balaban J connectivity index is 2.35. The maximum absolute atomic E-state index is 14.3. The van der Waals surface area contributed by atoms with Crippen LogP contribution in [0.2, 0.25) is 0 Å². The molecule has 1 aromatic carbocycles. The van der Waals surface area contributed by atoms with E-state index in [1.807, 2.05) is 78.8 Å². The number of benzene rings is 1. The minimum atomic E-state index is -1.17. The highest BCUT2D eigenvalue weighted by atomic mass is 16.5. The third kappa shape index (κ3) is 14.0. The van der Waals surface area contributed by atoms with E-state index in [9.17, 15) is 29.5 Å². The van der Waals surface area contributed by atoms with Crippen molar-refractivity contribution in [3.05, 3.63) is 46.3 Å². The lowest BCUT2D eigenvalue weighted by atomic mass is 9.89. The van der Waals surface area contributed by atoms with Crippen LogP contribution in [-0.4, -0.2) is 128 Å². The molecule has 1 fully saturated rings. The maximum Gasteiger partial charge on any atom is 0.245 e. The second-order valence-electron chi connectivity index (χ2n) is 17.0. The van der Waals surface area contributed by atoms with Crippen molar-refractivity contribution < 1.29 is 33.4 Å². The smallest absolute Gasteiger partial charge is 0.245 e. The monoisotopic (exact) mass is 814 g/mol. The predicted molar refractivity (Wildman–Crippen MR) is 224 cm³/mol. The molecule has 0 aromatic heterocycles. The Morgan fingerprint density at radius 3 is 2.12 bits per heavy atom. The van der Waals surface area contributed by atoms with Crippen LogP contribution in [0.5, 0.6) is 0 Å². The van der Waals surface area contributed by atoms with Gasteiger partial charge >= 0.3 is 0 Å². The van der Waals surface area contributed by atoms with E-state index in [-0.39, 0.29) is 36.0 Å². The van der Waals surface area contributed by atoms with Crippen molar-refractivity contribution in [2.24, 2.45) is 22.9 Å². The molecule has 0 aliphatic carbocycles. The van der Waals surface area contributed by atoms with Crippen LogP contribution in [0.1, 0.15) is 93.6 Å². The zero-order chi connectivity index (χ0) is 43.9. The first kappa shape index (κ1) is 49.9. The van der Waals surface area contributed by atoms with Crippen LogP contribution >= 0.6 is 0 Å². The van der Waals surface area contributed by atoms with Crippen LogP contribution in [0.4, 0.5) is 0 Å². The molecule has 1 saturated heterocycles. The molecule has 1 heterocycles.